The first-order chi connectivity index (χ1) is 18.0. The second kappa shape index (κ2) is 9.51. The van der Waals surface area contributed by atoms with Gasteiger partial charge in [0.25, 0.3) is 0 Å². The number of hydrogen-bond donors (Lipinski definition) is 2. The molecule has 10 atom stereocenters. The molecule has 5 nitrogen and oxygen atoms in total. The van der Waals surface area contributed by atoms with E-state index in [0.717, 1.165) is 43.5 Å². The van der Waals surface area contributed by atoms with Crippen molar-refractivity contribution in [3.8, 4) is 0 Å². The van der Waals surface area contributed by atoms with E-state index in [-0.39, 0.29) is 28.9 Å². The summed E-state index contributed by atoms with van der Waals surface area (Å²) in [5.41, 5.74) is 3.98. The summed E-state index contributed by atoms with van der Waals surface area (Å²) in [6.45, 7) is 10.2. The van der Waals surface area contributed by atoms with Crippen LogP contribution in [0.15, 0.2) is 18.2 Å². The predicted octanol–water partition coefficient (Wildman–Crippen LogP) is 6.14. The van der Waals surface area contributed by atoms with Crippen LogP contribution in [0, 0.1) is 53.3 Å². The Morgan fingerprint density at radius 3 is 2.55 bits per heavy atom. The van der Waals surface area contributed by atoms with Crippen LogP contribution in [0.4, 0.5) is 11.4 Å². The molecule has 1 aromatic rings. The number of nitrogens with zero attached hydrogens (tertiary/aromatic N) is 2. The normalized spacial score (nSPS) is 42.8. The smallest absolute Gasteiger partial charge is 0.228 e. The molecule has 38 heavy (non-hydrogen) atoms. The van der Waals surface area contributed by atoms with E-state index in [9.17, 15) is 15.0 Å². The van der Waals surface area contributed by atoms with Crippen LogP contribution in [0.25, 0.3) is 0 Å². The quantitative estimate of drug-likeness (QED) is 0.498. The lowest BCUT2D eigenvalue weighted by Gasteiger charge is -2.62. The Kier molecular flexibility index (Phi) is 6.66. The predicted molar refractivity (Wildman–Crippen MR) is 153 cm³/mol. The molecule has 0 spiro atoms. The first-order valence-corrected chi connectivity index (χ1v) is 15.5. The number of amides is 1. The summed E-state index contributed by atoms with van der Waals surface area (Å²) in [7, 11) is 2.07. The van der Waals surface area contributed by atoms with Crippen LogP contribution in [-0.2, 0) is 4.79 Å². The molecular formula is C33H50N2O3. The third-order valence-electron chi connectivity index (χ3n) is 12.7. The molecule has 0 saturated heterocycles. The van der Waals surface area contributed by atoms with Gasteiger partial charge in [0.05, 0.1) is 30.3 Å². The second-order valence-corrected chi connectivity index (χ2v) is 14.6. The molecule has 1 heterocycles. The number of aliphatic hydroxyl groups is 2. The van der Waals surface area contributed by atoms with Gasteiger partial charge in [-0.15, -0.1) is 0 Å². The first-order valence-electron chi connectivity index (χ1n) is 15.5. The minimum atomic E-state index is -0.223. The Hall–Kier alpha value is -1.59. The van der Waals surface area contributed by atoms with E-state index in [1.165, 1.54) is 31.2 Å². The van der Waals surface area contributed by atoms with Crippen molar-refractivity contribution in [1.29, 1.82) is 0 Å². The number of rotatable bonds is 4. The Morgan fingerprint density at radius 2 is 1.76 bits per heavy atom. The van der Waals surface area contributed by atoms with Gasteiger partial charge in [-0.2, -0.15) is 0 Å². The van der Waals surface area contributed by atoms with E-state index >= 15 is 0 Å². The average Bonchev–Trinajstić information content (AvgIpc) is 3.40. The molecule has 5 aliphatic rings. The molecule has 1 aromatic carbocycles. The van der Waals surface area contributed by atoms with Crippen molar-refractivity contribution < 1.29 is 15.0 Å². The SMILES string of the molecule is Cc1ccc2c(c1)N(C)CN2C(=O)CC[C@@H](C)[C@H]1CC[C@H]2[C@@H]3[C@@H](O)C[C@@H]4C[C@H](O)CC[C@]4(C)[C@H]3CC[C@]12C. The van der Waals surface area contributed by atoms with E-state index in [1.54, 1.807) is 0 Å². The monoisotopic (exact) mass is 522 g/mol. The zero-order valence-corrected chi connectivity index (χ0v) is 24.3. The van der Waals surface area contributed by atoms with Gasteiger partial charge in [-0.3, -0.25) is 9.69 Å². The Balaban J connectivity index is 1.13. The van der Waals surface area contributed by atoms with Gasteiger partial charge in [0.1, 0.15) is 0 Å². The van der Waals surface area contributed by atoms with Gasteiger partial charge in [0.2, 0.25) is 5.91 Å². The fourth-order valence-corrected chi connectivity index (χ4v) is 10.6. The minimum absolute atomic E-state index is 0.177. The summed E-state index contributed by atoms with van der Waals surface area (Å²) in [4.78, 5) is 17.5. The van der Waals surface area contributed by atoms with Crippen LogP contribution < -0.4 is 9.80 Å². The summed E-state index contributed by atoms with van der Waals surface area (Å²) in [6.07, 6.45) is 9.89. The molecule has 5 heteroatoms. The van der Waals surface area contributed by atoms with E-state index in [4.69, 9.17) is 0 Å². The fraction of sp³-hybridized carbons (Fsp3) is 0.788. The molecule has 1 aliphatic heterocycles. The van der Waals surface area contributed by atoms with Crippen molar-refractivity contribution in [2.45, 2.75) is 104 Å². The van der Waals surface area contributed by atoms with Crippen molar-refractivity contribution in [2.24, 2.45) is 46.3 Å². The summed E-state index contributed by atoms with van der Waals surface area (Å²) >= 11 is 0. The van der Waals surface area contributed by atoms with E-state index < -0.39 is 0 Å². The Morgan fingerprint density at radius 1 is 1.03 bits per heavy atom. The third-order valence-corrected chi connectivity index (χ3v) is 12.7. The van der Waals surface area contributed by atoms with Crippen LogP contribution in [0.2, 0.25) is 0 Å². The standard InChI is InChI=1S/C33H50N2O3/c1-20-6-10-27-28(16-20)34(5)19-35(27)30(38)11-7-21(2)24-8-9-25-31-26(13-15-33(24,25)4)32(3)14-12-23(36)17-22(32)18-29(31)37/h6,10,16,21-26,29,31,36-37H,7-9,11-15,17-19H2,1-5H3/t21-,22+,23-,24-,25+,26+,29+,31+,32+,33-/m1/s1. The number of fused-ring (bicyclic) bond motifs is 6. The highest BCUT2D eigenvalue weighted by Gasteiger charge is 2.62. The maximum atomic E-state index is 13.4. The molecule has 0 aromatic heterocycles. The first kappa shape index (κ1) is 26.6. The lowest BCUT2D eigenvalue weighted by atomic mass is 9.43. The molecule has 210 valence electrons. The van der Waals surface area contributed by atoms with Gasteiger partial charge in [0.15, 0.2) is 0 Å². The number of carbonyl (C=O) groups excluding carboxylic acids is 1. The van der Waals surface area contributed by atoms with Gasteiger partial charge in [-0.05, 0) is 129 Å². The fourth-order valence-electron chi connectivity index (χ4n) is 10.6. The summed E-state index contributed by atoms with van der Waals surface area (Å²) in [5, 5.41) is 21.9. The highest BCUT2D eigenvalue weighted by Crippen LogP contribution is 2.68. The van der Waals surface area contributed by atoms with Crippen molar-refractivity contribution in [2.75, 3.05) is 23.5 Å². The molecule has 6 rings (SSSR count). The van der Waals surface area contributed by atoms with Crippen LogP contribution in [-0.4, -0.2) is 42.0 Å². The lowest BCUT2D eigenvalue weighted by molar-refractivity contribution is -0.174. The highest BCUT2D eigenvalue weighted by molar-refractivity contribution is 5.99. The highest BCUT2D eigenvalue weighted by atomic mass is 16.3. The van der Waals surface area contributed by atoms with Gasteiger partial charge in [-0.25, -0.2) is 0 Å². The molecule has 2 N–H and O–H groups in total. The van der Waals surface area contributed by atoms with Crippen LogP contribution >= 0.6 is 0 Å². The van der Waals surface area contributed by atoms with Gasteiger partial charge < -0.3 is 15.1 Å². The molecule has 4 saturated carbocycles. The number of aliphatic hydroxyl groups excluding tert-OH is 2. The molecule has 0 radical (unpaired) electrons. The molecule has 4 aliphatic carbocycles. The summed E-state index contributed by atoms with van der Waals surface area (Å²) in [6, 6.07) is 6.39. The molecule has 4 fully saturated rings. The average molecular weight is 523 g/mol. The number of carbonyl (C=O) groups is 1. The third kappa shape index (κ3) is 4.05. The maximum absolute atomic E-state index is 13.4. The maximum Gasteiger partial charge on any atom is 0.228 e. The largest absolute Gasteiger partial charge is 0.393 e. The Bertz CT molecular complexity index is 1070. The lowest BCUT2D eigenvalue weighted by Crippen LogP contribution is -2.58. The summed E-state index contributed by atoms with van der Waals surface area (Å²) < 4.78 is 0. The van der Waals surface area contributed by atoms with Crippen LogP contribution in [0.5, 0.6) is 0 Å². The Labute approximate surface area is 230 Å². The van der Waals surface area contributed by atoms with Gasteiger partial charge in [-0.1, -0.05) is 26.8 Å². The summed E-state index contributed by atoms with van der Waals surface area (Å²) in [5.74, 6) is 3.44. The molecular weight excluding hydrogens is 472 g/mol. The van der Waals surface area contributed by atoms with E-state index in [0.29, 0.717) is 48.6 Å². The molecule has 0 unspecified atom stereocenters. The van der Waals surface area contributed by atoms with Crippen molar-refractivity contribution >= 4 is 17.3 Å². The number of benzene rings is 1. The van der Waals surface area contributed by atoms with Crippen molar-refractivity contribution in [3.05, 3.63) is 23.8 Å². The second-order valence-electron chi connectivity index (χ2n) is 14.6. The van der Waals surface area contributed by atoms with Gasteiger partial charge >= 0.3 is 0 Å². The number of hydrogen-bond acceptors (Lipinski definition) is 4. The van der Waals surface area contributed by atoms with Crippen LogP contribution in [0.1, 0.15) is 90.5 Å². The minimum Gasteiger partial charge on any atom is -0.393 e. The molecule has 0 bridgehead atoms. The van der Waals surface area contributed by atoms with E-state index in [2.05, 4.69) is 57.8 Å². The number of anilines is 2. The zero-order valence-electron chi connectivity index (χ0n) is 24.3. The van der Waals surface area contributed by atoms with Crippen molar-refractivity contribution in [3.63, 3.8) is 0 Å². The van der Waals surface area contributed by atoms with E-state index in [1.807, 2.05) is 4.90 Å². The topological polar surface area (TPSA) is 64.0 Å². The van der Waals surface area contributed by atoms with Crippen LogP contribution in [0.3, 0.4) is 0 Å². The zero-order chi connectivity index (χ0) is 27.0. The molecule has 1 amide bonds. The van der Waals surface area contributed by atoms with Crippen molar-refractivity contribution in [1.82, 2.24) is 0 Å². The van der Waals surface area contributed by atoms with Gasteiger partial charge in [0, 0.05) is 13.5 Å². The number of aryl methyl sites for hydroxylation is 1.